The first-order chi connectivity index (χ1) is 13.7. The van der Waals surface area contributed by atoms with Gasteiger partial charge in [0.15, 0.2) is 5.96 Å². The Kier molecular flexibility index (Phi) is 13.3. The number of nitrogens with zero attached hydrogens (tertiary/aromatic N) is 3. The monoisotopic (exact) mass is 518 g/mol. The number of aliphatic imine (C=N–C) groups is 1. The number of methoxy groups -OCH3 is 1. The smallest absolute Gasteiger partial charge is 0.194 e. The number of benzene rings is 1. The SMILES string of the molecule is CCNC(=NCCCCOCCOC)N1CCN(c2cccc(C)c2C)CC1.I. The molecular formula is C22H39IN4O2. The maximum atomic E-state index is 5.51. The number of halogens is 1. The van der Waals surface area contributed by atoms with E-state index >= 15 is 0 Å². The number of hydrogen-bond donors (Lipinski definition) is 1. The van der Waals surface area contributed by atoms with E-state index in [4.69, 9.17) is 14.5 Å². The Balaban J connectivity index is 0.00000420. The summed E-state index contributed by atoms with van der Waals surface area (Å²) in [6.45, 7) is 14.5. The van der Waals surface area contributed by atoms with Crippen molar-refractivity contribution in [1.29, 1.82) is 0 Å². The molecule has 1 fully saturated rings. The first kappa shape index (κ1) is 26.0. The van der Waals surface area contributed by atoms with Crippen molar-refractivity contribution < 1.29 is 9.47 Å². The van der Waals surface area contributed by atoms with Crippen LogP contribution < -0.4 is 10.2 Å². The lowest BCUT2D eigenvalue weighted by molar-refractivity contribution is 0.0690. The molecule has 0 bridgehead atoms. The van der Waals surface area contributed by atoms with Gasteiger partial charge in [0.25, 0.3) is 0 Å². The fraction of sp³-hybridized carbons (Fsp3) is 0.682. The summed E-state index contributed by atoms with van der Waals surface area (Å²) in [7, 11) is 1.70. The highest BCUT2D eigenvalue weighted by atomic mass is 127. The van der Waals surface area contributed by atoms with Crippen molar-refractivity contribution in [3.63, 3.8) is 0 Å². The van der Waals surface area contributed by atoms with Crippen molar-refractivity contribution in [2.24, 2.45) is 4.99 Å². The lowest BCUT2D eigenvalue weighted by Crippen LogP contribution is -2.52. The molecule has 1 saturated heterocycles. The van der Waals surface area contributed by atoms with Crippen LogP contribution in [0.25, 0.3) is 0 Å². The summed E-state index contributed by atoms with van der Waals surface area (Å²) in [6, 6.07) is 6.59. The third-order valence-electron chi connectivity index (χ3n) is 5.22. The minimum Gasteiger partial charge on any atom is -0.382 e. The molecule has 0 aliphatic carbocycles. The van der Waals surface area contributed by atoms with E-state index in [0.29, 0.717) is 13.2 Å². The lowest BCUT2D eigenvalue weighted by atomic mass is 10.1. The summed E-state index contributed by atoms with van der Waals surface area (Å²) < 4.78 is 10.5. The van der Waals surface area contributed by atoms with Gasteiger partial charge in [-0.15, -0.1) is 24.0 Å². The molecule has 0 spiro atoms. The molecular weight excluding hydrogens is 479 g/mol. The Labute approximate surface area is 194 Å². The summed E-state index contributed by atoms with van der Waals surface area (Å²) in [5.74, 6) is 1.04. The average molecular weight is 518 g/mol. The third-order valence-corrected chi connectivity index (χ3v) is 5.22. The number of guanidine groups is 1. The molecule has 166 valence electrons. The van der Waals surface area contributed by atoms with Crippen LogP contribution in [0.1, 0.15) is 30.9 Å². The maximum absolute atomic E-state index is 5.51. The fourth-order valence-corrected chi connectivity index (χ4v) is 3.41. The molecule has 0 aromatic heterocycles. The number of rotatable bonds is 10. The van der Waals surface area contributed by atoms with E-state index in [1.165, 1.54) is 16.8 Å². The first-order valence-electron chi connectivity index (χ1n) is 10.6. The van der Waals surface area contributed by atoms with Gasteiger partial charge in [-0.05, 0) is 50.8 Å². The zero-order valence-electron chi connectivity index (χ0n) is 18.6. The third kappa shape index (κ3) is 8.68. The molecule has 1 heterocycles. The minimum absolute atomic E-state index is 0. The highest BCUT2D eigenvalue weighted by Crippen LogP contribution is 2.23. The van der Waals surface area contributed by atoms with Crippen LogP contribution in [0.15, 0.2) is 23.2 Å². The summed E-state index contributed by atoms with van der Waals surface area (Å²) in [6.07, 6.45) is 2.08. The van der Waals surface area contributed by atoms with E-state index in [1.807, 2.05) is 0 Å². The second-order valence-electron chi connectivity index (χ2n) is 7.24. The van der Waals surface area contributed by atoms with Crippen molar-refractivity contribution >= 4 is 35.6 Å². The molecule has 0 unspecified atom stereocenters. The van der Waals surface area contributed by atoms with Gasteiger partial charge in [-0.25, -0.2) is 0 Å². The van der Waals surface area contributed by atoms with Gasteiger partial charge in [0, 0.05) is 58.7 Å². The Morgan fingerprint density at radius 3 is 2.52 bits per heavy atom. The zero-order valence-corrected chi connectivity index (χ0v) is 20.9. The molecule has 6 nitrogen and oxygen atoms in total. The molecule has 1 aromatic carbocycles. The minimum atomic E-state index is 0. The van der Waals surface area contributed by atoms with E-state index in [1.54, 1.807) is 7.11 Å². The van der Waals surface area contributed by atoms with Crippen LogP contribution in [0.4, 0.5) is 5.69 Å². The van der Waals surface area contributed by atoms with Gasteiger partial charge in [0.05, 0.1) is 13.2 Å². The summed E-state index contributed by atoms with van der Waals surface area (Å²) in [5, 5.41) is 3.46. The fourth-order valence-electron chi connectivity index (χ4n) is 3.41. The predicted octanol–water partition coefficient (Wildman–Crippen LogP) is 3.45. The number of ether oxygens (including phenoxy) is 2. The number of anilines is 1. The Hall–Kier alpha value is -1.06. The molecule has 0 radical (unpaired) electrons. The summed E-state index contributed by atoms with van der Waals surface area (Å²) in [5.41, 5.74) is 4.13. The summed E-state index contributed by atoms with van der Waals surface area (Å²) in [4.78, 5) is 9.72. The average Bonchev–Trinajstić information content (AvgIpc) is 2.71. The van der Waals surface area contributed by atoms with Gasteiger partial charge < -0.3 is 24.6 Å². The topological polar surface area (TPSA) is 49.3 Å². The number of unbranched alkanes of at least 4 members (excludes halogenated alkanes) is 1. The van der Waals surface area contributed by atoms with E-state index in [2.05, 4.69) is 54.1 Å². The normalized spacial score (nSPS) is 14.7. The molecule has 0 saturated carbocycles. The van der Waals surface area contributed by atoms with Crippen LogP contribution in [0.2, 0.25) is 0 Å². The van der Waals surface area contributed by atoms with Gasteiger partial charge >= 0.3 is 0 Å². The Morgan fingerprint density at radius 2 is 1.83 bits per heavy atom. The van der Waals surface area contributed by atoms with Gasteiger partial charge in [0.1, 0.15) is 0 Å². The lowest BCUT2D eigenvalue weighted by Gasteiger charge is -2.38. The number of piperazine rings is 1. The molecule has 1 N–H and O–H groups in total. The Morgan fingerprint density at radius 1 is 1.07 bits per heavy atom. The van der Waals surface area contributed by atoms with Crippen molar-refractivity contribution in [2.45, 2.75) is 33.6 Å². The second-order valence-corrected chi connectivity index (χ2v) is 7.24. The molecule has 2 rings (SSSR count). The van der Waals surface area contributed by atoms with E-state index in [0.717, 1.165) is 64.7 Å². The zero-order chi connectivity index (χ0) is 20.2. The van der Waals surface area contributed by atoms with Crippen molar-refractivity contribution in [3.05, 3.63) is 29.3 Å². The standard InChI is InChI=1S/C22H38N4O2.HI/c1-5-23-22(24-11-6-7-16-28-18-17-27-4)26-14-12-25(13-15-26)21-10-8-9-19(2)20(21)3;/h8-10H,5-7,11-18H2,1-4H3,(H,23,24);1H. The number of aryl methyl sites for hydroxylation is 1. The van der Waals surface area contributed by atoms with E-state index < -0.39 is 0 Å². The highest BCUT2D eigenvalue weighted by molar-refractivity contribution is 14.0. The van der Waals surface area contributed by atoms with Gasteiger partial charge in [-0.3, -0.25) is 4.99 Å². The molecule has 7 heteroatoms. The molecule has 29 heavy (non-hydrogen) atoms. The maximum Gasteiger partial charge on any atom is 0.194 e. The van der Waals surface area contributed by atoms with Crippen molar-refractivity contribution in [3.8, 4) is 0 Å². The van der Waals surface area contributed by atoms with E-state index in [9.17, 15) is 0 Å². The summed E-state index contributed by atoms with van der Waals surface area (Å²) >= 11 is 0. The largest absolute Gasteiger partial charge is 0.382 e. The quantitative estimate of drug-likeness (QED) is 0.223. The van der Waals surface area contributed by atoms with Gasteiger partial charge in [0.2, 0.25) is 0 Å². The Bertz CT molecular complexity index is 604. The van der Waals surface area contributed by atoms with Crippen LogP contribution in [0.3, 0.4) is 0 Å². The van der Waals surface area contributed by atoms with Crippen molar-refractivity contribution in [2.75, 3.05) is 71.1 Å². The van der Waals surface area contributed by atoms with E-state index in [-0.39, 0.29) is 24.0 Å². The van der Waals surface area contributed by atoms with Crippen LogP contribution in [-0.4, -0.2) is 77.1 Å². The van der Waals surface area contributed by atoms with Gasteiger partial charge in [-0.1, -0.05) is 12.1 Å². The first-order valence-corrected chi connectivity index (χ1v) is 10.6. The molecule has 1 aromatic rings. The van der Waals surface area contributed by atoms with Crippen molar-refractivity contribution in [1.82, 2.24) is 10.2 Å². The van der Waals surface area contributed by atoms with Gasteiger partial charge in [-0.2, -0.15) is 0 Å². The molecule has 0 amide bonds. The second kappa shape index (κ2) is 14.8. The molecule has 1 aliphatic rings. The highest BCUT2D eigenvalue weighted by Gasteiger charge is 2.20. The number of hydrogen-bond acceptors (Lipinski definition) is 4. The van der Waals surface area contributed by atoms with Crippen LogP contribution in [0.5, 0.6) is 0 Å². The van der Waals surface area contributed by atoms with Crippen LogP contribution in [0, 0.1) is 13.8 Å². The molecule has 0 atom stereocenters. The van der Waals surface area contributed by atoms with Crippen LogP contribution >= 0.6 is 24.0 Å². The number of nitrogens with one attached hydrogen (secondary N) is 1. The predicted molar refractivity (Wildman–Crippen MR) is 133 cm³/mol. The van der Waals surface area contributed by atoms with Crippen LogP contribution in [-0.2, 0) is 9.47 Å². The molecule has 1 aliphatic heterocycles.